The molecule has 36 heavy (non-hydrogen) atoms. The van der Waals surface area contributed by atoms with Crippen molar-refractivity contribution in [1.82, 2.24) is 20.2 Å². The Morgan fingerprint density at radius 3 is 2.31 bits per heavy atom. The van der Waals surface area contributed by atoms with E-state index in [9.17, 15) is 9.59 Å². The van der Waals surface area contributed by atoms with Gasteiger partial charge in [-0.1, -0.05) is 59.7 Å². The van der Waals surface area contributed by atoms with Crippen LogP contribution < -0.4 is 5.32 Å². The monoisotopic (exact) mass is 482 g/mol. The van der Waals surface area contributed by atoms with Crippen LogP contribution in [0.4, 0.5) is 0 Å². The Bertz CT molecular complexity index is 1260. The standard InChI is InChI=1S/C30H34N4O2/c1-20-15-21(2)17-23(16-20)18-32-28(35)26-19-31-22(3)33-27(26)24-9-13-34(14-10-24)29(36)30(11-12-30)25-7-5-4-6-8-25/h4-8,15-17,19,24H,9-14,18H2,1-3H3,(H,32,35). The lowest BCUT2D eigenvalue weighted by Gasteiger charge is -2.35. The van der Waals surface area contributed by atoms with Gasteiger partial charge in [0.2, 0.25) is 5.91 Å². The van der Waals surface area contributed by atoms with E-state index in [1.807, 2.05) is 30.0 Å². The van der Waals surface area contributed by atoms with Crippen molar-refractivity contribution < 1.29 is 9.59 Å². The summed E-state index contributed by atoms with van der Waals surface area (Å²) in [5.41, 5.74) is 5.58. The van der Waals surface area contributed by atoms with Crippen LogP contribution in [-0.4, -0.2) is 39.8 Å². The SMILES string of the molecule is Cc1cc(C)cc(CNC(=O)c2cnc(C)nc2C2CCN(C(=O)C3(c4ccccc4)CC3)CC2)c1. The second-order valence-corrected chi connectivity index (χ2v) is 10.4. The van der Waals surface area contributed by atoms with Gasteiger partial charge in [0.05, 0.1) is 16.7 Å². The molecule has 1 aromatic heterocycles. The summed E-state index contributed by atoms with van der Waals surface area (Å²) >= 11 is 0. The van der Waals surface area contributed by atoms with Crippen LogP contribution in [0.15, 0.2) is 54.7 Å². The average molecular weight is 483 g/mol. The molecule has 1 saturated carbocycles. The number of likely N-dealkylation sites (tertiary alicyclic amines) is 1. The smallest absolute Gasteiger partial charge is 0.254 e. The molecule has 6 nitrogen and oxygen atoms in total. The fourth-order valence-corrected chi connectivity index (χ4v) is 5.59. The highest BCUT2D eigenvalue weighted by Crippen LogP contribution is 2.50. The van der Waals surface area contributed by atoms with E-state index in [-0.39, 0.29) is 23.1 Å². The molecule has 2 aromatic carbocycles. The van der Waals surface area contributed by atoms with Crippen molar-refractivity contribution in [3.8, 4) is 0 Å². The van der Waals surface area contributed by atoms with Crippen LogP contribution in [0.2, 0.25) is 0 Å². The van der Waals surface area contributed by atoms with Crippen LogP contribution in [0.3, 0.4) is 0 Å². The van der Waals surface area contributed by atoms with Gasteiger partial charge in [-0.3, -0.25) is 9.59 Å². The maximum absolute atomic E-state index is 13.5. The molecule has 1 aliphatic carbocycles. The highest BCUT2D eigenvalue weighted by Gasteiger charge is 2.53. The number of hydrogen-bond acceptors (Lipinski definition) is 4. The minimum Gasteiger partial charge on any atom is -0.348 e. The molecular weight excluding hydrogens is 448 g/mol. The number of nitrogens with zero attached hydrogens (tertiary/aromatic N) is 3. The first-order chi connectivity index (χ1) is 17.4. The molecule has 3 aromatic rings. The highest BCUT2D eigenvalue weighted by atomic mass is 16.2. The van der Waals surface area contributed by atoms with Gasteiger partial charge >= 0.3 is 0 Å². The van der Waals surface area contributed by atoms with Gasteiger partial charge in [-0.05, 0) is 57.6 Å². The molecule has 0 spiro atoms. The quantitative estimate of drug-likeness (QED) is 0.549. The van der Waals surface area contributed by atoms with E-state index in [1.165, 1.54) is 11.1 Å². The predicted octanol–water partition coefficient (Wildman–Crippen LogP) is 4.77. The number of benzene rings is 2. The summed E-state index contributed by atoms with van der Waals surface area (Å²) in [6.45, 7) is 7.81. The summed E-state index contributed by atoms with van der Waals surface area (Å²) in [6, 6.07) is 16.5. The fraction of sp³-hybridized carbons (Fsp3) is 0.400. The lowest BCUT2D eigenvalue weighted by atomic mass is 9.88. The largest absolute Gasteiger partial charge is 0.348 e. The van der Waals surface area contributed by atoms with Gasteiger partial charge in [0.25, 0.3) is 5.91 Å². The minimum absolute atomic E-state index is 0.129. The van der Waals surface area contributed by atoms with Crippen molar-refractivity contribution >= 4 is 11.8 Å². The van der Waals surface area contributed by atoms with Crippen molar-refractivity contribution in [2.24, 2.45) is 0 Å². The molecule has 6 heteroatoms. The molecule has 0 radical (unpaired) electrons. The number of hydrogen-bond donors (Lipinski definition) is 1. The first-order valence-electron chi connectivity index (χ1n) is 12.9. The Kier molecular flexibility index (Phi) is 6.61. The number of aromatic nitrogens is 2. The number of carbonyl (C=O) groups is 2. The summed E-state index contributed by atoms with van der Waals surface area (Å²) in [5, 5.41) is 3.06. The van der Waals surface area contributed by atoms with Crippen LogP contribution in [-0.2, 0) is 16.8 Å². The van der Waals surface area contributed by atoms with Crippen molar-refractivity contribution in [2.45, 2.75) is 64.3 Å². The molecule has 2 aliphatic rings. The van der Waals surface area contributed by atoms with Crippen LogP contribution in [0.1, 0.15) is 75.7 Å². The van der Waals surface area contributed by atoms with Gasteiger partial charge in [0.15, 0.2) is 0 Å². The summed E-state index contributed by atoms with van der Waals surface area (Å²) in [5.74, 6) is 0.890. The van der Waals surface area contributed by atoms with E-state index < -0.39 is 0 Å². The number of nitrogens with one attached hydrogen (secondary N) is 1. The van der Waals surface area contributed by atoms with Gasteiger partial charge in [0.1, 0.15) is 5.82 Å². The van der Waals surface area contributed by atoms with Gasteiger partial charge in [-0.15, -0.1) is 0 Å². The zero-order chi connectivity index (χ0) is 25.3. The molecule has 0 unspecified atom stereocenters. The number of amides is 2. The molecule has 2 amide bonds. The van der Waals surface area contributed by atoms with E-state index >= 15 is 0 Å². The average Bonchev–Trinajstić information content (AvgIpc) is 3.69. The maximum Gasteiger partial charge on any atom is 0.254 e. The minimum atomic E-state index is -0.335. The molecule has 186 valence electrons. The summed E-state index contributed by atoms with van der Waals surface area (Å²) < 4.78 is 0. The Morgan fingerprint density at radius 1 is 1.00 bits per heavy atom. The van der Waals surface area contributed by atoms with Crippen LogP contribution in [0, 0.1) is 20.8 Å². The topological polar surface area (TPSA) is 75.2 Å². The van der Waals surface area contributed by atoms with E-state index in [0.717, 1.165) is 42.5 Å². The lowest BCUT2D eigenvalue weighted by molar-refractivity contribution is -0.135. The second kappa shape index (κ2) is 9.84. The number of rotatable bonds is 6. The number of carbonyl (C=O) groups excluding carboxylic acids is 2. The van der Waals surface area contributed by atoms with E-state index in [0.29, 0.717) is 31.0 Å². The molecule has 0 bridgehead atoms. The predicted molar refractivity (Wildman–Crippen MR) is 140 cm³/mol. The van der Waals surface area contributed by atoms with Gasteiger partial charge < -0.3 is 10.2 Å². The van der Waals surface area contributed by atoms with Gasteiger partial charge in [-0.25, -0.2) is 9.97 Å². The summed E-state index contributed by atoms with van der Waals surface area (Å²) in [7, 11) is 0. The zero-order valence-electron chi connectivity index (χ0n) is 21.4. The molecule has 1 N–H and O–H groups in total. The Balaban J connectivity index is 1.26. The third-order valence-corrected chi connectivity index (χ3v) is 7.57. The van der Waals surface area contributed by atoms with Gasteiger partial charge in [-0.2, -0.15) is 0 Å². The molecule has 2 heterocycles. The fourth-order valence-electron chi connectivity index (χ4n) is 5.59. The molecule has 2 fully saturated rings. The van der Waals surface area contributed by atoms with Crippen LogP contribution in [0.25, 0.3) is 0 Å². The lowest BCUT2D eigenvalue weighted by Crippen LogP contribution is -2.44. The van der Waals surface area contributed by atoms with Crippen molar-refractivity contribution in [2.75, 3.05) is 13.1 Å². The molecule has 0 atom stereocenters. The zero-order valence-corrected chi connectivity index (χ0v) is 21.4. The Labute approximate surface area is 213 Å². The van der Waals surface area contributed by atoms with E-state index in [2.05, 4.69) is 54.5 Å². The number of piperidine rings is 1. The Morgan fingerprint density at radius 2 is 1.67 bits per heavy atom. The van der Waals surface area contributed by atoms with E-state index in [4.69, 9.17) is 4.98 Å². The first-order valence-corrected chi connectivity index (χ1v) is 12.9. The van der Waals surface area contributed by atoms with E-state index in [1.54, 1.807) is 6.20 Å². The number of aryl methyl sites for hydroxylation is 3. The molecule has 1 saturated heterocycles. The van der Waals surface area contributed by atoms with Crippen molar-refractivity contribution in [3.63, 3.8) is 0 Å². The third kappa shape index (κ3) is 4.90. The molecule has 5 rings (SSSR count). The van der Waals surface area contributed by atoms with Crippen LogP contribution >= 0.6 is 0 Å². The molecule has 1 aliphatic heterocycles. The second-order valence-electron chi connectivity index (χ2n) is 10.4. The van der Waals surface area contributed by atoms with Crippen LogP contribution in [0.5, 0.6) is 0 Å². The highest BCUT2D eigenvalue weighted by molar-refractivity contribution is 5.95. The molecular formula is C30H34N4O2. The Hall–Kier alpha value is -3.54. The maximum atomic E-state index is 13.5. The van der Waals surface area contributed by atoms with Crippen molar-refractivity contribution in [3.05, 3.63) is 94.1 Å². The normalized spacial score (nSPS) is 17.0. The first kappa shape index (κ1) is 24.2. The third-order valence-electron chi connectivity index (χ3n) is 7.57. The van der Waals surface area contributed by atoms with Gasteiger partial charge in [0, 0.05) is 31.7 Å². The summed E-state index contributed by atoms with van der Waals surface area (Å²) in [6.07, 6.45) is 5.09. The van der Waals surface area contributed by atoms with Crippen molar-refractivity contribution in [1.29, 1.82) is 0 Å². The summed E-state index contributed by atoms with van der Waals surface area (Å²) in [4.78, 5) is 37.7.